The van der Waals surface area contributed by atoms with Gasteiger partial charge in [-0.05, 0) is 48.5 Å². The summed E-state index contributed by atoms with van der Waals surface area (Å²) in [4.78, 5) is 19.3. The van der Waals surface area contributed by atoms with E-state index in [-0.39, 0.29) is 18.9 Å². The maximum atomic E-state index is 10.8. The molecule has 8 nitrogen and oxygen atoms in total. The molecule has 0 aliphatic carbocycles. The van der Waals surface area contributed by atoms with E-state index >= 15 is 0 Å². The van der Waals surface area contributed by atoms with Gasteiger partial charge >= 0.3 is 0 Å². The molecule has 0 saturated heterocycles. The average molecular weight is 374 g/mol. The second-order valence-corrected chi connectivity index (χ2v) is 6.19. The lowest BCUT2D eigenvalue weighted by atomic mass is 10.1. The number of carbonyl (C=O) groups excluding carboxylic acids is 1. The van der Waals surface area contributed by atoms with Crippen molar-refractivity contribution in [2.45, 2.75) is 6.42 Å². The van der Waals surface area contributed by atoms with Crippen molar-refractivity contribution >= 4 is 17.4 Å². The Morgan fingerprint density at radius 1 is 0.964 bits per heavy atom. The number of primary amides is 1. The van der Waals surface area contributed by atoms with Crippen LogP contribution in [0.3, 0.4) is 0 Å². The number of amides is 1. The van der Waals surface area contributed by atoms with Gasteiger partial charge in [-0.25, -0.2) is 14.5 Å². The third kappa shape index (κ3) is 3.61. The van der Waals surface area contributed by atoms with Crippen molar-refractivity contribution < 1.29 is 9.53 Å². The van der Waals surface area contributed by atoms with Crippen molar-refractivity contribution in [2.75, 3.05) is 12.3 Å². The van der Waals surface area contributed by atoms with Crippen LogP contribution >= 0.6 is 0 Å². The Hall–Kier alpha value is -3.94. The van der Waals surface area contributed by atoms with Crippen LogP contribution in [0.15, 0.2) is 60.9 Å². The molecule has 0 atom stereocenters. The minimum atomic E-state index is -0.387. The number of pyridine rings is 1. The van der Waals surface area contributed by atoms with E-state index in [0.29, 0.717) is 11.6 Å². The Morgan fingerprint density at radius 2 is 1.75 bits per heavy atom. The van der Waals surface area contributed by atoms with Crippen LogP contribution in [0.1, 0.15) is 6.42 Å². The lowest BCUT2D eigenvalue weighted by Crippen LogP contribution is -2.14. The molecule has 0 spiro atoms. The second-order valence-electron chi connectivity index (χ2n) is 6.19. The number of nitrogen functional groups attached to an aromatic ring is 1. The number of ether oxygens (including phenoxy) is 1. The monoisotopic (exact) mass is 374 g/mol. The minimum absolute atomic E-state index is 0.184. The number of aromatic nitrogens is 4. The molecule has 4 aromatic rings. The van der Waals surface area contributed by atoms with Gasteiger partial charge in [-0.2, -0.15) is 5.10 Å². The molecule has 28 heavy (non-hydrogen) atoms. The van der Waals surface area contributed by atoms with Gasteiger partial charge in [0, 0.05) is 17.3 Å². The molecule has 1 aromatic carbocycles. The highest BCUT2D eigenvalue weighted by Crippen LogP contribution is 2.24. The highest BCUT2D eigenvalue weighted by Gasteiger charge is 2.10. The topological polar surface area (TPSA) is 121 Å². The summed E-state index contributed by atoms with van der Waals surface area (Å²) >= 11 is 0. The molecule has 140 valence electrons. The van der Waals surface area contributed by atoms with Crippen molar-refractivity contribution in [1.29, 1.82) is 0 Å². The number of rotatable bonds is 6. The number of carbonyl (C=O) groups is 1. The zero-order valence-corrected chi connectivity index (χ0v) is 14.9. The second kappa shape index (κ2) is 7.36. The number of hydrogen-bond donors (Lipinski definition) is 2. The van der Waals surface area contributed by atoms with E-state index in [2.05, 4.69) is 9.97 Å². The summed E-state index contributed by atoms with van der Waals surface area (Å²) < 4.78 is 7.28. The number of nitrogens with two attached hydrogens (primary N) is 2. The molecule has 4 rings (SSSR count). The quantitative estimate of drug-likeness (QED) is 0.534. The summed E-state index contributed by atoms with van der Waals surface area (Å²) in [5.74, 6) is 0.744. The summed E-state index contributed by atoms with van der Waals surface area (Å²) in [6.07, 6.45) is 3.64. The van der Waals surface area contributed by atoms with Crippen molar-refractivity contribution in [3.05, 3.63) is 60.9 Å². The Labute approximate surface area is 160 Å². The first-order chi connectivity index (χ1) is 13.6. The van der Waals surface area contributed by atoms with Crippen molar-refractivity contribution in [3.8, 4) is 28.3 Å². The molecule has 0 aliphatic rings. The molecule has 8 heteroatoms. The fraction of sp³-hybridized carbons (Fsp3) is 0.100. The maximum absolute atomic E-state index is 10.8. The summed E-state index contributed by atoms with van der Waals surface area (Å²) in [6.45, 7) is 0.257. The van der Waals surface area contributed by atoms with Crippen LogP contribution in [0.5, 0.6) is 5.75 Å². The predicted octanol–water partition coefficient (Wildman–Crippen LogP) is 2.29. The van der Waals surface area contributed by atoms with E-state index < -0.39 is 0 Å². The first-order valence-electron chi connectivity index (χ1n) is 8.68. The first-order valence-corrected chi connectivity index (χ1v) is 8.68. The number of anilines is 1. The largest absolute Gasteiger partial charge is 0.493 e. The molecular formula is C20H18N6O2. The minimum Gasteiger partial charge on any atom is -0.493 e. The van der Waals surface area contributed by atoms with Gasteiger partial charge in [-0.3, -0.25) is 4.79 Å². The highest BCUT2D eigenvalue weighted by atomic mass is 16.5. The van der Waals surface area contributed by atoms with Gasteiger partial charge in [0.1, 0.15) is 11.6 Å². The molecule has 0 aliphatic heterocycles. The molecule has 0 radical (unpaired) electrons. The van der Waals surface area contributed by atoms with E-state index in [1.807, 2.05) is 42.5 Å². The summed E-state index contributed by atoms with van der Waals surface area (Å²) in [7, 11) is 0. The highest BCUT2D eigenvalue weighted by molar-refractivity contribution is 5.73. The number of imidazole rings is 1. The van der Waals surface area contributed by atoms with Crippen molar-refractivity contribution in [2.24, 2.45) is 5.73 Å². The van der Waals surface area contributed by atoms with Crippen LogP contribution in [0.2, 0.25) is 0 Å². The van der Waals surface area contributed by atoms with E-state index in [1.54, 1.807) is 23.0 Å². The Morgan fingerprint density at radius 3 is 2.46 bits per heavy atom. The molecule has 4 N–H and O–H groups in total. The Bertz CT molecular complexity index is 1120. The lowest BCUT2D eigenvalue weighted by Gasteiger charge is -2.07. The van der Waals surface area contributed by atoms with E-state index in [0.717, 1.165) is 28.2 Å². The number of benzene rings is 1. The molecule has 0 fully saturated rings. The van der Waals surface area contributed by atoms with Crippen LogP contribution in [0.25, 0.3) is 28.2 Å². The molecule has 3 aromatic heterocycles. The normalized spacial score (nSPS) is 10.9. The van der Waals surface area contributed by atoms with Crippen molar-refractivity contribution in [3.63, 3.8) is 0 Å². The van der Waals surface area contributed by atoms with Crippen molar-refractivity contribution in [1.82, 2.24) is 19.6 Å². The number of hydrogen-bond acceptors (Lipinski definition) is 6. The molecule has 0 saturated carbocycles. The summed E-state index contributed by atoms with van der Waals surface area (Å²) in [5.41, 5.74) is 14.9. The third-order valence-electron chi connectivity index (χ3n) is 4.21. The Kier molecular flexibility index (Phi) is 4.59. The van der Waals surface area contributed by atoms with E-state index in [4.69, 9.17) is 21.3 Å². The number of nitrogens with zero attached hydrogens (tertiary/aromatic N) is 4. The Balaban J connectivity index is 1.61. The van der Waals surface area contributed by atoms with E-state index in [9.17, 15) is 4.79 Å². The molecule has 0 unspecified atom stereocenters. The lowest BCUT2D eigenvalue weighted by molar-refractivity contribution is -0.118. The van der Waals surface area contributed by atoms with Crippen LogP contribution in [0.4, 0.5) is 5.82 Å². The van der Waals surface area contributed by atoms with E-state index in [1.165, 1.54) is 0 Å². The fourth-order valence-corrected chi connectivity index (χ4v) is 2.77. The van der Waals surface area contributed by atoms with Crippen LogP contribution in [-0.2, 0) is 4.79 Å². The third-order valence-corrected chi connectivity index (χ3v) is 4.21. The number of fused-ring (bicyclic) bond motifs is 1. The predicted molar refractivity (Wildman–Crippen MR) is 105 cm³/mol. The van der Waals surface area contributed by atoms with Gasteiger partial charge < -0.3 is 16.2 Å². The van der Waals surface area contributed by atoms with Gasteiger partial charge in [-0.15, -0.1) is 0 Å². The zero-order valence-electron chi connectivity index (χ0n) is 14.9. The van der Waals surface area contributed by atoms with Crippen LogP contribution in [0, 0.1) is 0 Å². The summed E-state index contributed by atoms with van der Waals surface area (Å²) in [5, 5.41) is 4.71. The first kappa shape index (κ1) is 17.5. The van der Waals surface area contributed by atoms with Crippen LogP contribution in [-0.4, -0.2) is 32.1 Å². The SMILES string of the molecule is NC(=O)CCOc1ccc(-c2ccc3ncc(-c4ccc(N)nc4)n3n2)cc1. The van der Waals surface area contributed by atoms with Gasteiger partial charge in [0.15, 0.2) is 5.65 Å². The molecular weight excluding hydrogens is 356 g/mol. The van der Waals surface area contributed by atoms with Gasteiger partial charge in [-0.1, -0.05) is 0 Å². The molecule has 0 bridgehead atoms. The van der Waals surface area contributed by atoms with Gasteiger partial charge in [0.25, 0.3) is 0 Å². The zero-order chi connectivity index (χ0) is 19.5. The van der Waals surface area contributed by atoms with Crippen LogP contribution < -0.4 is 16.2 Å². The smallest absolute Gasteiger partial charge is 0.220 e. The molecule has 3 heterocycles. The van der Waals surface area contributed by atoms with Gasteiger partial charge in [0.05, 0.1) is 30.6 Å². The average Bonchev–Trinajstić information content (AvgIpc) is 3.12. The molecule has 1 amide bonds. The van der Waals surface area contributed by atoms with Gasteiger partial charge in [0.2, 0.25) is 5.91 Å². The fourth-order valence-electron chi connectivity index (χ4n) is 2.77. The maximum Gasteiger partial charge on any atom is 0.220 e. The summed E-state index contributed by atoms with van der Waals surface area (Å²) in [6, 6.07) is 14.9. The standard InChI is InChI=1S/C20H18N6O2/c21-18-7-3-14(11-23-18)17-12-24-20-8-6-16(25-26(17)20)13-1-4-15(5-2-13)28-10-9-19(22)27/h1-8,11-12H,9-10H2,(H2,21,23)(H2,22,27).